The average molecular weight is 235 g/mol. The Labute approximate surface area is 101 Å². The number of nitrogens with zero attached hydrogens (tertiary/aromatic N) is 2. The first-order valence-electron chi connectivity index (χ1n) is 5.90. The Bertz CT molecular complexity index is 381. The Hall–Kier alpha value is -1.33. The molecular formula is C12H17N3O2. The number of anilines is 1. The van der Waals surface area contributed by atoms with E-state index >= 15 is 0 Å². The largest absolute Gasteiger partial charge is 0.476 e. The van der Waals surface area contributed by atoms with Gasteiger partial charge in [-0.15, -0.1) is 0 Å². The molecule has 3 heterocycles. The van der Waals surface area contributed by atoms with E-state index in [-0.39, 0.29) is 0 Å². The molecule has 1 spiro atoms. The van der Waals surface area contributed by atoms with Gasteiger partial charge >= 0.3 is 0 Å². The fraction of sp³-hybridized carbons (Fsp3) is 0.583. The van der Waals surface area contributed by atoms with Gasteiger partial charge in [0, 0.05) is 31.1 Å². The number of pyridine rings is 1. The van der Waals surface area contributed by atoms with Crippen LogP contribution in [-0.4, -0.2) is 49.3 Å². The van der Waals surface area contributed by atoms with E-state index in [2.05, 4.69) is 9.88 Å². The number of hydrogen-bond donors (Lipinski definition) is 1. The van der Waals surface area contributed by atoms with Crippen molar-refractivity contribution >= 4 is 5.69 Å². The third-order valence-corrected chi connectivity index (χ3v) is 3.35. The van der Waals surface area contributed by atoms with E-state index in [0.29, 0.717) is 23.6 Å². The van der Waals surface area contributed by atoms with Crippen molar-refractivity contribution in [1.29, 1.82) is 0 Å². The molecule has 17 heavy (non-hydrogen) atoms. The van der Waals surface area contributed by atoms with Crippen molar-refractivity contribution in [1.82, 2.24) is 9.88 Å². The molecule has 0 radical (unpaired) electrons. The lowest BCUT2D eigenvalue weighted by Crippen LogP contribution is -2.66. The molecule has 5 heteroatoms. The zero-order valence-electron chi connectivity index (χ0n) is 9.76. The molecule has 0 aliphatic carbocycles. The molecule has 0 saturated carbocycles. The molecule has 2 fully saturated rings. The molecule has 0 aromatic carbocycles. The summed E-state index contributed by atoms with van der Waals surface area (Å²) >= 11 is 0. The number of hydrogen-bond acceptors (Lipinski definition) is 5. The molecule has 2 aliphatic heterocycles. The van der Waals surface area contributed by atoms with Gasteiger partial charge in [0.15, 0.2) is 0 Å². The zero-order valence-corrected chi connectivity index (χ0v) is 9.76. The first-order chi connectivity index (χ1) is 8.26. The number of aromatic nitrogens is 1. The lowest BCUT2D eigenvalue weighted by molar-refractivity contribution is -0.189. The van der Waals surface area contributed by atoms with Crippen LogP contribution in [-0.2, 0) is 4.74 Å². The van der Waals surface area contributed by atoms with E-state index in [1.165, 1.54) is 0 Å². The van der Waals surface area contributed by atoms with Crippen LogP contribution in [0.3, 0.4) is 0 Å². The fourth-order valence-electron chi connectivity index (χ4n) is 2.39. The number of ether oxygens (including phenoxy) is 2. The van der Waals surface area contributed by atoms with Gasteiger partial charge in [0.05, 0.1) is 25.1 Å². The molecule has 0 unspecified atom stereocenters. The maximum absolute atomic E-state index is 5.55. The van der Waals surface area contributed by atoms with Gasteiger partial charge in [-0.1, -0.05) is 0 Å². The molecule has 1 aromatic heterocycles. The highest BCUT2D eigenvalue weighted by Crippen LogP contribution is 2.36. The Kier molecular flexibility index (Phi) is 2.64. The summed E-state index contributed by atoms with van der Waals surface area (Å²) in [6.07, 6.45) is 1.61. The molecule has 2 aliphatic rings. The van der Waals surface area contributed by atoms with Gasteiger partial charge in [-0.25, -0.2) is 4.98 Å². The second-order valence-corrected chi connectivity index (χ2v) is 4.98. The van der Waals surface area contributed by atoms with Crippen LogP contribution in [0.2, 0.25) is 0 Å². The van der Waals surface area contributed by atoms with Gasteiger partial charge in [0.25, 0.3) is 0 Å². The van der Waals surface area contributed by atoms with Crippen LogP contribution in [0.15, 0.2) is 18.3 Å². The lowest BCUT2D eigenvalue weighted by Gasteiger charge is -2.55. The first-order valence-corrected chi connectivity index (χ1v) is 5.90. The predicted molar refractivity (Wildman–Crippen MR) is 63.8 cm³/mol. The minimum Gasteiger partial charge on any atom is -0.476 e. The Morgan fingerprint density at radius 1 is 1.41 bits per heavy atom. The maximum Gasteiger partial charge on any atom is 0.213 e. The minimum atomic E-state index is 0.486. The molecule has 2 N–H and O–H groups in total. The summed E-state index contributed by atoms with van der Waals surface area (Å²) in [7, 11) is 0. The van der Waals surface area contributed by atoms with Crippen LogP contribution >= 0.6 is 0 Å². The van der Waals surface area contributed by atoms with Gasteiger partial charge in [0.2, 0.25) is 5.88 Å². The van der Waals surface area contributed by atoms with Crippen LogP contribution < -0.4 is 10.5 Å². The molecule has 0 amide bonds. The van der Waals surface area contributed by atoms with Gasteiger partial charge in [-0.2, -0.15) is 0 Å². The topological polar surface area (TPSA) is 60.6 Å². The summed E-state index contributed by atoms with van der Waals surface area (Å²) in [4.78, 5) is 6.48. The molecule has 92 valence electrons. The standard InChI is InChI=1S/C12H17N3O2/c13-10-1-2-11(14-5-10)17-4-3-15-6-12(7-15)8-16-9-12/h1-2,5H,3-4,6-9,13H2. The number of nitrogen functional groups attached to an aromatic ring is 1. The van der Waals surface area contributed by atoms with E-state index in [1.54, 1.807) is 18.3 Å². The lowest BCUT2D eigenvalue weighted by atomic mass is 9.78. The molecule has 5 nitrogen and oxygen atoms in total. The van der Waals surface area contributed by atoms with Crippen molar-refractivity contribution in [3.8, 4) is 5.88 Å². The molecule has 2 saturated heterocycles. The highest BCUT2D eigenvalue weighted by molar-refractivity contribution is 5.35. The third kappa shape index (κ3) is 2.21. The Morgan fingerprint density at radius 3 is 2.82 bits per heavy atom. The summed E-state index contributed by atoms with van der Waals surface area (Å²) in [5.41, 5.74) is 6.69. The van der Waals surface area contributed by atoms with Gasteiger partial charge in [-0.3, -0.25) is 4.90 Å². The quantitative estimate of drug-likeness (QED) is 0.817. The molecule has 1 aromatic rings. The summed E-state index contributed by atoms with van der Waals surface area (Å²) in [6, 6.07) is 3.60. The monoisotopic (exact) mass is 235 g/mol. The Morgan fingerprint density at radius 2 is 2.24 bits per heavy atom. The SMILES string of the molecule is Nc1ccc(OCCN2CC3(COC3)C2)nc1. The van der Waals surface area contributed by atoms with Crippen molar-refractivity contribution in [3.63, 3.8) is 0 Å². The van der Waals surface area contributed by atoms with Crippen molar-refractivity contribution in [3.05, 3.63) is 18.3 Å². The highest BCUT2D eigenvalue weighted by atomic mass is 16.5. The second-order valence-electron chi connectivity index (χ2n) is 4.98. The van der Waals surface area contributed by atoms with Gasteiger partial charge in [-0.05, 0) is 6.07 Å². The van der Waals surface area contributed by atoms with Crippen molar-refractivity contribution in [2.24, 2.45) is 5.41 Å². The van der Waals surface area contributed by atoms with E-state index in [0.717, 1.165) is 32.8 Å². The van der Waals surface area contributed by atoms with E-state index < -0.39 is 0 Å². The van der Waals surface area contributed by atoms with Gasteiger partial charge in [0.1, 0.15) is 6.61 Å². The van der Waals surface area contributed by atoms with Crippen molar-refractivity contribution < 1.29 is 9.47 Å². The number of likely N-dealkylation sites (tertiary alicyclic amines) is 1. The number of nitrogens with two attached hydrogens (primary N) is 1. The molecular weight excluding hydrogens is 218 g/mol. The number of rotatable bonds is 4. The fourth-order valence-corrected chi connectivity index (χ4v) is 2.39. The summed E-state index contributed by atoms with van der Waals surface area (Å²) in [5, 5.41) is 0. The molecule has 0 atom stereocenters. The average Bonchev–Trinajstić information content (AvgIpc) is 2.21. The van der Waals surface area contributed by atoms with Crippen LogP contribution in [0.4, 0.5) is 5.69 Å². The second kappa shape index (κ2) is 4.16. The minimum absolute atomic E-state index is 0.486. The highest BCUT2D eigenvalue weighted by Gasteiger charge is 2.48. The van der Waals surface area contributed by atoms with Crippen LogP contribution in [0.1, 0.15) is 0 Å². The normalized spacial score (nSPS) is 21.9. The Balaban J connectivity index is 1.37. The predicted octanol–water partition coefficient (Wildman–Crippen LogP) is 0.375. The summed E-state index contributed by atoms with van der Waals surface area (Å²) in [6.45, 7) is 5.78. The van der Waals surface area contributed by atoms with Crippen molar-refractivity contribution in [2.45, 2.75) is 0 Å². The van der Waals surface area contributed by atoms with Crippen LogP contribution in [0, 0.1) is 5.41 Å². The van der Waals surface area contributed by atoms with Crippen molar-refractivity contribution in [2.75, 3.05) is 45.2 Å². The molecule has 0 bridgehead atoms. The molecule has 3 rings (SSSR count). The first kappa shape index (κ1) is 10.8. The zero-order chi connectivity index (χ0) is 11.7. The van der Waals surface area contributed by atoms with E-state index in [9.17, 15) is 0 Å². The smallest absolute Gasteiger partial charge is 0.213 e. The van der Waals surface area contributed by atoms with Gasteiger partial charge < -0.3 is 15.2 Å². The van der Waals surface area contributed by atoms with Crippen LogP contribution in [0.25, 0.3) is 0 Å². The van der Waals surface area contributed by atoms with E-state index in [1.807, 2.05) is 0 Å². The summed E-state index contributed by atoms with van der Waals surface area (Å²) < 4.78 is 10.8. The maximum atomic E-state index is 5.55. The van der Waals surface area contributed by atoms with Crippen LogP contribution in [0.5, 0.6) is 5.88 Å². The summed E-state index contributed by atoms with van der Waals surface area (Å²) in [5.74, 6) is 0.640. The van der Waals surface area contributed by atoms with E-state index in [4.69, 9.17) is 15.2 Å². The third-order valence-electron chi connectivity index (χ3n) is 3.35.